The van der Waals surface area contributed by atoms with Gasteiger partial charge in [-0.1, -0.05) is 18.2 Å². The number of benzene rings is 2. The zero-order valence-corrected chi connectivity index (χ0v) is 13.0. The van der Waals surface area contributed by atoms with Gasteiger partial charge < -0.3 is 10.6 Å². The van der Waals surface area contributed by atoms with E-state index in [1.165, 1.54) is 12.1 Å². The first-order valence-electron chi connectivity index (χ1n) is 7.46. The fourth-order valence-electron chi connectivity index (χ4n) is 2.33. The van der Waals surface area contributed by atoms with Gasteiger partial charge in [0.15, 0.2) is 0 Å². The molecule has 128 valence electrons. The number of urea groups is 1. The molecule has 3 rings (SSSR count). The maximum Gasteiger partial charge on any atom is 0.416 e. The number of carbonyl (C=O) groups is 1. The number of hydrogen-bond donors (Lipinski definition) is 2. The van der Waals surface area contributed by atoms with Gasteiger partial charge >= 0.3 is 12.2 Å². The molecule has 0 radical (unpaired) electrons. The summed E-state index contributed by atoms with van der Waals surface area (Å²) in [7, 11) is 0. The van der Waals surface area contributed by atoms with Crippen LogP contribution in [0.4, 0.5) is 23.7 Å². The molecule has 2 amide bonds. The number of anilines is 1. The van der Waals surface area contributed by atoms with Crippen LogP contribution in [0.1, 0.15) is 11.1 Å². The Morgan fingerprint density at radius 1 is 1.00 bits per heavy atom. The normalized spacial score (nSPS) is 11.3. The molecule has 4 nitrogen and oxygen atoms in total. The predicted molar refractivity (Wildman–Crippen MR) is 89.0 cm³/mol. The van der Waals surface area contributed by atoms with E-state index in [1.807, 2.05) is 12.1 Å². The number of nitrogens with one attached hydrogen (secondary N) is 2. The summed E-state index contributed by atoms with van der Waals surface area (Å²) in [6.45, 7) is 0.124. The predicted octanol–water partition coefficient (Wildman–Crippen LogP) is 4.58. The molecule has 0 aliphatic rings. The van der Waals surface area contributed by atoms with E-state index in [0.717, 1.165) is 22.9 Å². The maximum atomic E-state index is 12.5. The van der Waals surface area contributed by atoms with Crippen LogP contribution < -0.4 is 10.6 Å². The van der Waals surface area contributed by atoms with Gasteiger partial charge in [-0.15, -0.1) is 0 Å². The van der Waals surface area contributed by atoms with Crippen LogP contribution in [0.3, 0.4) is 0 Å². The van der Waals surface area contributed by atoms with Crippen molar-refractivity contribution in [1.29, 1.82) is 0 Å². The standard InChI is InChI=1S/C18H14F3N3O/c19-18(20,21)15-4-1-12(2-5-15)10-23-17(25)24-16-6-3-13-7-8-22-11-14(13)9-16/h1-9,11H,10H2,(H2,23,24,25). The van der Waals surface area contributed by atoms with Gasteiger partial charge in [-0.3, -0.25) is 4.98 Å². The minimum atomic E-state index is -4.37. The highest BCUT2D eigenvalue weighted by atomic mass is 19.4. The van der Waals surface area contributed by atoms with Crippen LogP contribution in [0.5, 0.6) is 0 Å². The molecule has 2 N–H and O–H groups in total. The molecular formula is C18H14F3N3O. The Labute approximate surface area is 141 Å². The Morgan fingerprint density at radius 3 is 2.48 bits per heavy atom. The van der Waals surface area contributed by atoms with Gasteiger partial charge in [0.1, 0.15) is 0 Å². The topological polar surface area (TPSA) is 54.0 Å². The van der Waals surface area contributed by atoms with Gasteiger partial charge in [0.05, 0.1) is 5.56 Å². The highest BCUT2D eigenvalue weighted by Crippen LogP contribution is 2.29. The number of pyridine rings is 1. The second-order valence-electron chi connectivity index (χ2n) is 5.44. The summed E-state index contributed by atoms with van der Waals surface area (Å²) in [6.07, 6.45) is -0.985. The third-order valence-electron chi connectivity index (χ3n) is 3.63. The number of carbonyl (C=O) groups excluding carboxylic acids is 1. The van der Waals surface area contributed by atoms with Crippen LogP contribution in [0.2, 0.25) is 0 Å². The molecule has 3 aromatic rings. The van der Waals surface area contributed by atoms with Crippen LogP contribution in [-0.4, -0.2) is 11.0 Å². The second-order valence-corrected chi connectivity index (χ2v) is 5.44. The number of alkyl halides is 3. The Bertz CT molecular complexity index is 892. The first-order valence-corrected chi connectivity index (χ1v) is 7.46. The fraction of sp³-hybridized carbons (Fsp3) is 0.111. The average molecular weight is 345 g/mol. The van der Waals surface area contributed by atoms with Gasteiger partial charge in [0.25, 0.3) is 0 Å². The third-order valence-corrected chi connectivity index (χ3v) is 3.63. The summed E-state index contributed by atoms with van der Waals surface area (Å²) in [4.78, 5) is 16.0. The van der Waals surface area contributed by atoms with E-state index < -0.39 is 17.8 Å². The van der Waals surface area contributed by atoms with Crippen molar-refractivity contribution in [2.24, 2.45) is 0 Å². The molecule has 1 heterocycles. The van der Waals surface area contributed by atoms with Crippen molar-refractivity contribution in [1.82, 2.24) is 10.3 Å². The molecule has 25 heavy (non-hydrogen) atoms. The highest BCUT2D eigenvalue weighted by molar-refractivity contribution is 5.93. The van der Waals surface area contributed by atoms with Crippen molar-refractivity contribution in [2.45, 2.75) is 12.7 Å². The van der Waals surface area contributed by atoms with Crippen molar-refractivity contribution >= 4 is 22.5 Å². The first kappa shape index (κ1) is 16.8. The quantitative estimate of drug-likeness (QED) is 0.730. The molecule has 0 fully saturated rings. The van der Waals surface area contributed by atoms with E-state index in [1.54, 1.807) is 24.5 Å². The molecule has 0 saturated carbocycles. The van der Waals surface area contributed by atoms with Crippen LogP contribution >= 0.6 is 0 Å². The fourth-order valence-corrected chi connectivity index (χ4v) is 2.33. The Hall–Kier alpha value is -3.09. The highest BCUT2D eigenvalue weighted by Gasteiger charge is 2.29. The van der Waals surface area contributed by atoms with Gasteiger partial charge in [-0.05, 0) is 41.3 Å². The van der Waals surface area contributed by atoms with Crippen molar-refractivity contribution in [3.05, 3.63) is 72.1 Å². The van der Waals surface area contributed by atoms with Crippen molar-refractivity contribution in [3.63, 3.8) is 0 Å². The van der Waals surface area contributed by atoms with Gasteiger partial charge in [-0.2, -0.15) is 13.2 Å². The lowest BCUT2D eigenvalue weighted by atomic mass is 10.1. The second kappa shape index (κ2) is 6.80. The van der Waals surface area contributed by atoms with Crippen LogP contribution in [0.25, 0.3) is 10.8 Å². The lowest BCUT2D eigenvalue weighted by Crippen LogP contribution is -2.28. The van der Waals surface area contributed by atoms with Crippen LogP contribution in [0.15, 0.2) is 60.9 Å². The van der Waals surface area contributed by atoms with Crippen LogP contribution in [0, 0.1) is 0 Å². The number of hydrogen-bond acceptors (Lipinski definition) is 2. The zero-order valence-electron chi connectivity index (χ0n) is 13.0. The van der Waals surface area contributed by atoms with E-state index in [2.05, 4.69) is 15.6 Å². The number of nitrogens with zero attached hydrogens (tertiary/aromatic N) is 1. The summed E-state index contributed by atoms with van der Waals surface area (Å²) in [5.74, 6) is 0. The van der Waals surface area contributed by atoms with Crippen molar-refractivity contribution in [3.8, 4) is 0 Å². The number of rotatable bonds is 3. The zero-order chi connectivity index (χ0) is 17.9. The molecular weight excluding hydrogens is 331 g/mol. The molecule has 0 atom stereocenters. The number of fused-ring (bicyclic) bond motifs is 1. The minimum Gasteiger partial charge on any atom is -0.334 e. The SMILES string of the molecule is O=C(NCc1ccc(C(F)(F)F)cc1)Nc1ccc2ccncc2c1. The summed E-state index contributed by atoms with van der Waals surface area (Å²) in [6, 6.07) is 11.5. The third kappa shape index (κ3) is 4.26. The Kier molecular flexibility index (Phi) is 4.56. The summed E-state index contributed by atoms with van der Waals surface area (Å²) < 4.78 is 37.5. The molecule has 0 aliphatic carbocycles. The van der Waals surface area contributed by atoms with E-state index in [0.29, 0.717) is 11.3 Å². The molecule has 0 bridgehead atoms. The minimum absolute atomic E-state index is 0.124. The smallest absolute Gasteiger partial charge is 0.334 e. The van der Waals surface area contributed by atoms with Gasteiger partial charge in [-0.25, -0.2) is 4.79 Å². The molecule has 0 unspecified atom stereocenters. The molecule has 0 aliphatic heterocycles. The van der Waals surface area contributed by atoms with E-state index in [4.69, 9.17) is 0 Å². The Morgan fingerprint density at radius 2 is 1.76 bits per heavy atom. The maximum absolute atomic E-state index is 12.5. The number of halogens is 3. The Balaban J connectivity index is 1.58. The summed E-state index contributed by atoms with van der Waals surface area (Å²) in [5, 5.41) is 7.19. The molecule has 1 aromatic heterocycles. The van der Waals surface area contributed by atoms with E-state index >= 15 is 0 Å². The lowest BCUT2D eigenvalue weighted by Gasteiger charge is -2.10. The first-order chi connectivity index (χ1) is 11.9. The number of aromatic nitrogens is 1. The average Bonchev–Trinajstić information content (AvgIpc) is 2.59. The lowest BCUT2D eigenvalue weighted by molar-refractivity contribution is -0.137. The van der Waals surface area contributed by atoms with E-state index in [9.17, 15) is 18.0 Å². The summed E-state index contributed by atoms with van der Waals surface area (Å²) >= 11 is 0. The monoisotopic (exact) mass is 345 g/mol. The number of amides is 2. The van der Waals surface area contributed by atoms with Crippen molar-refractivity contribution < 1.29 is 18.0 Å². The van der Waals surface area contributed by atoms with Gasteiger partial charge in [0.2, 0.25) is 0 Å². The summed E-state index contributed by atoms with van der Waals surface area (Å²) in [5.41, 5.74) is 0.460. The van der Waals surface area contributed by atoms with Crippen molar-refractivity contribution in [2.75, 3.05) is 5.32 Å². The largest absolute Gasteiger partial charge is 0.416 e. The molecule has 0 spiro atoms. The van der Waals surface area contributed by atoms with Gasteiger partial charge in [0, 0.05) is 30.0 Å². The molecule has 0 saturated heterocycles. The van der Waals surface area contributed by atoms with E-state index in [-0.39, 0.29) is 6.54 Å². The van der Waals surface area contributed by atoms with Crippen LogP contribution in [-0.2, 0) is 12.7 Å². The molecule has 2 aromatic carbocycles. The molecule has 7 heteroatoms.